The van der Waals surface area contributed by atoms with Crippen LogP contribution in [-0.2, 0) is 6.42 Å². The van der Waals surface area contributed by atoms with Crippen molar-refractivity contribution in [1.29, 1.82) is 0 Å². The van der Waals surface area contributed by atoms with Gasteiger partial charge in [-0.1, -0.05) is 12.1 Å². The van der Waals surface area contributed by atoms with E-state index >= 15 is 0 Å². The van der Waals surface area contributed by atoms with Crippen molar-refractivity contribution in [3.05, 3.63) is 65.0 Å². The predicted octanol–water partition coefficient (Wildman–Crippen LogP) is 2.52. The normalized spacial score (nSPS) is 14.4. The summed E-state index contributed by atoms with van der Waals surface area (Å²) in [4.78, 5) is 14.8. The molecule has 2 aromatic carbocycles. The Labute approximate surface area is 148 Å². The van der Waals surface area contributed by atoms with Crippen LogP contribution in [0.5, 0.6) is 0 Å². The highest BCUT2D eigenvalue weighted by atomic mass is 19.1. The van der Waals surface area contributed by atoms with Crippen LogP contribution in [0.25, 0.3) is 0 Å². The molecule has 1 aliphatic rings. The number of benzene rings is 2. The minimum Gasteiger partial charge on any atom is -0.369 e. The molecular weight excluding hydrogens is 317 g/mol. The molecule has 0 aliphatic carbocycles. The number of halogens is 1. The number of nitrogens with zero attached hydrogens (tertiary/aromatic N) is 1. The monoisotopic (exact) mass is 341 g/mol. The van der Waals surface area contributed by atoms with Crippen molar-refractivity contribution in [2.45, 2.75) is 13.3 Å². The molecule has 1 amide bonds. The molecule has 0 radical (unpaired) electrons. The molecule has 0 bridgehead atoms. The standard InChI is InChI=1S/C20H24FN3O/c1-15-11-17(14-19(12-15)24-9-7-22-8-10-24)20(25)23-6-5-16-3-2-4-18(21)13-16/h2-4,11-14,22H,5-10H2,1H3,(H,23,25). The van der Waals surface area contributed by atoms with Crippen molar-refractivity contribution < 1.29 is 9.18 Å². The first-order chi connectivity index (χ1) is 12.1. The SMILES string of the molecule is Cc1cc(C(=O)NCCc2cccc(F)c2)cc(N2CCNCC2)c1. The maximum atomic E-state index is 13.2. The third kappa shape index (κ3) is 4.79. The second-order valence-corrected chi connectivity index (χ2v) is 6.43. The van der Waals surface area contributed by atoms with Crippen molar-refractivity contribution in [3.8, 4) is 0 Å². The molecule has 132 valence electrons. The second kappa shape index (κ2) is 8.12. The summed E-state index contributed by atoms with van der Waals surface area (Å²) >= 11 is 0. The Morgan fingerprint density at radius 2 is 2.00 bits per heavy atom. The van der Waals surface area contributed by atoms with Gasteiger partial charge in [-0.05, 0) is 54.8 Å². The first-order valence-electron chi connectivity index (χ1n) is 8.72. The van der Waals surface area contributed by atoms with Gasteiger partial charge < -0.3 is 15.5 Å². The number of carbonyl (C=O) groups is 1. The van der Waals surface area contributed by atoms with Crippen LogP contribution in [-0.4, -0.2) is 38.6 Å². The summed E-state index contributed by atoms with van der Waals surface area (Å²) in [5.74, 6) is -0.334. The summed E-state index contributed by atoms with van der Waals surface area (Å²) in [6.45, 7) is 6.31. The van der Waals surface area contributed by atoms with E-state index in [0.29, 0.717) is 18.5 Å². The fourth-order valence-electron chi connectivity index (χ4n) is 3.11. The average molecular weight is 341 g/mol. The minimum atomic E-state index is -0.247. The lowest BCUT2D eigenvalue weighted by molar-refractivity contribution is 0.0954. The number of rotatable bonds is 5. The van der Waals surface area contributed by atoms with Gasteiger partial charge in [0.1, 0.15) is 5.82 Å². The Bertz CT molecular complexity index is 741. The zero-order valence-corrected chi connectivity index (χ0v) is 14.5. The van der Waals surface area contributed by atoms with Gasteiger partial charge in [0.2, 0.25) is 0 Å². The fourth-order valence-corrected chi connectivity index (χ4v) is 3.11. The molecule has 0 aromatic heterocycles. The lowest BCUT2D eigenvalue weighted by Crippen LogP contribution is -2.43. The van der Waals surface area contributed by atoms with E-state index in [1.165, 1.54) is 12.1 Å². The van der Waals surface area contributed by atoms with Crippen molar-refractivity contribution >= 4 is 11.6 Å². The van der Waals surface area contributed by atoms with Gasteiger partial charge in [-0.15, -0.1) is 0 Å². The first kappa shape index (κ1) is 17.4. The molecule has 4 nitrogen and oxygen atoms in total. The average Bonchev–Trinajstić information content (AvgIpc) is 2.62. The van der Waals surface area contributed by atoms with Crippen LogP contribution in [0.1, 0.15) is 21.5 Å². The van der Waals surface area contributed by atoms with E-state index < -0.39 is 0 Å². The van der Waals surface area contributed by atoms with Crippen LogP contribution < -0.4 is 15.5 Å². The molecule has 25 heavy (non-hydrogen) atoms. The lowest BCUT2D eigenvalue weighted by atomic mass is 10.1. The number of aryl methyl sites for hydroxylation is 1. The molecule has 2 N–H and O–H groups in total. The zero-order valence-electron chi connectivity index (χ0n) is 14.5. The summed E-state index contributed by atoms with van der Waals surface area (Å²) in [5.41, 5.74) is 3.72. The van der Waals surface area contributed by atoms with Crippen molar-refractivity contribution in [1.82, 2.24) is 10.6 Å². The molecule has 2 aromatic rings. The quantitative estimate of drug-likeness (QED) is 0.878. The Kier molecular flexibility index (Phi) is 5.66. The summed E-state index contributed by atoms with van der Waals surface area (Å²) in [7, 11) is 0. The van der Waals surface area contributed by atoms with Crippen molar-refractivity contribution in [2.24, 2.45) is 0 Å². The first-order valence-corrected chi connectivity index (χ1v) is 8.72. The second-order valence-electron chi connectivity index (χ2n) is 6.43. The predicted molar refractivity (Wildman–Crippen MR) is 98.7 cm³/mol. The lowest BCUT2D eigenvalue weighted by Gasteiger charge is -2.30. The maximum Gasteiger partial charge on any atom is 0.251 e. The number of hydrogen-bond donors (Lipinski definition) is 2. The molecule has 0 atom stereocenters. The van der Waals surface area contributed by atoms with Crippen LogP contribution in [0, 0.1) is 12.7 Å². The van der Waals surface area contributed by atoms with Crippen LogP contribution in [0.3, 0.4) is 0 Å². The van der Waals surface area contributed by atoms with Gasteiger partial charge in [-0.3, -0.25) is 4.79 Å². The Morgan fingerprint density at radius 1 is 1.20 bits per heavy atom. The number of nitrogens with one attached hydrogen (secondary N) is 2. The fraction of sp³-hybridized carbons (Fsp3) is 0.350. The minimum absolute atomic E-state index is 0.0866. The van der Waals surface area contributed by atoms with Crippen molar-refractivity contribution in [2.75, 3.05) is 37.6 Å². The van der Waals surface area contributed by atoms with Gasteiger partial charge in [-0.25, -0.2) is 4.39 Å². The largest absolute Gasteiger partial charge is 0.369 e. The van der Waals surface area contributed by atoms with Gasteiger partial charge >= 0.3 is 0 Å². The summed E-state index contributed by atoms with van der Waals surface area (Å²) < 4.78 is 13.2. The molecule has 0 spiro atoms. The van der Waals surface area contributed by atoms with E-state index in [1.54, 1.807) is 6.07 Å². The van der Waals surface area contributed by atoms with E-state index in [-0.39, 0.29) is 11.7 Å². The van der Waals surface area contributed by atoms with Crippen LogP contribution in [0.4, 0.5) is 10.1 Å². The third-order valence-electron chi connectivity index (χ3n) is 4.39. The summed E-state index contributed by atoms with van der Waals surface area (Å²) in [6.07, 6.45) is 0.611. The zero-order chi connectivity index (χ0) is 17.6. The maximum absolute atomic E-state index is 13.2. The summed E-state index contributed by atoms with van der Waals surface area (Å²) in [5, 5.41) is 6.27. The highest BCUT2D eigenvalue weighted by Crippen LogP contribution is 2.19. The molecule has 0 unspecified atom stereocenters. The number of piperazine rings is 1. The topological polar surface area (TPSA) is 44.4 Å². The van der Waals surface area contributed by atoms with E-state index in [1.807, 2.05) is 25.1 Å². The van der Waals surface area contributed by atoms with Gasteiger partial charge in [0.25, 0.3) is 5.91 Å². The highest BCUT2D eigenvalue weighted by molar-refractivity contribution is 5.95. The van der Waals surface area contributed by atoms with Gasteiger partial charge in [0.15, 0.2) is 0 Å². The number of anilines is 1. The Morgan fingerprint density at radius 3 is 2.76 bits per heavy atom. The smallest absolute Gasteiger partial charge is 0.251 e. The van der Waals surface area contributed by atoms with Gasteiger partial charge in [0, 0.05) is 44.0 Å². The van der Waals surface area contributed by atoms with Crippen LogP contribution in [0.15, 0.2) is 42.5 Å². The van der Waals surface area contributed by atoms with Gasteiger partial charge in [0.05, 0.1) is 0 Å². The molecule has 1 aliphatic heterocycles. The van der Waals surface area contributed by atoms with E-state index in [2.05, 4.69) is 21.6 Å². The number of hydrogen-bond acceptors (Lipinski definition) is 3. The molecule has 1 saturated heterocycles. The number of carbonyl (C=O) groups excluding carboxylic acids is 1. The van der Waals surface area contributed by atoms with E-state index in [4.69, 9.17) is 0 Å². The molecule has 5 heteroatoms. The molecular formula is C20H24FN3O. The van der Waals surface area contributed by atoms with E-state index in [0.717, 1.165) is 43.0 Å². The Hall–Kier alpha value is -2.40. The van der Waals surface area contributed by atoms with Crippen LogP contribution in [0.2, 0.25) is 0 Å². The third-order valence-corrected chi connectivity index (χ3v) is 4.39. The summed E-state index contributed by atoms with van der Waals surface area (Å²) in [6, 6.07) is 12.5. The molecule has 1 fully saturated rings. The van der Waals surface area contributed by atoms with Crippen LogP contribution >= 0.6 is 0 Å². The van der Waals surface area contributed by atoms with Gasteiger partial charge in [-0.2, -0.15) is 0 Å². The molecule has 0 saturated carbocycles. The number of amides is 1. The molecule has 1 heterocycles. The van der Waals surface area contributed by atoms with Crippen molar-refractivity contribution in [3.63, 3.8) is 0 Å². The van der Waals surface area contributed by atoms with E-state index in [9.17, 15) is 9.18 Å². The molecule has 3 rings (SSSR count). The Balaban J connectivity index is 1.62. The highest BCUT2D eigenvalue weighted by Gasteiger charge is 2.14.